The van der Waals surface area contributed by atoms with Crippen molar-refractivity contribution in [3.63, 3.8) is 0 Å². The maximum absolute atomic E-state index is 14.9. The van der Waals surface area contributed by atoms with E-state index in [-0.39, 0.29) is 26.6 Å². The number of halogens is 3. The van der Waals surface area contributed by atoms with E-state index in [1.807, 2.05) is 6.92 Å². The highest BCUT2D eigenvalue weighted by atomic mass is 35.5. The van der Waals surface area contributed by atoms with Crippen LogP contribution in [0.4, 0.5) is 8.78 Å². The Hall–Kier alpha value is -3.04. The SMILES string of the molecule is CC[C@H](Oc1ncccc1-c1c(C)ccc(F)c1C(=O)N(Cl)S(C)(=O)=O)c1ccc(F)cc1. The molecular weight excluding hydrogens is 474 g/mol. The Balaban J connectivity index is 2.15. The van der Waals surface area contributed by atoms with Gasteiger partial charge in [-0.1, -0.05) is 25.1 Å². The third-order valence-electron chi connectivity index (χ3n) is 4.93. The largest absolute Gasteiger partial charge is 0.469 e. The van der Waals surface area contributed by atoms with Crippen LogP contribution in [0.2, 0.25) is 0 Å². The van der Waals surface area contributed by atoms with Gasteiger partial charge in [0.15, 0.2) is 0 Å². The average Bonchev–Trinajstić information content (AvgIpc) is 2.78. The lowest BCUT2D eigenvalue weighted by atomic mass is 9.94. The predicted octanol–water partition coefficient (Wildman–Crippen LogP) is 5.42. The summed E-state index contributed by atoms with van der Waals surface area (Å²) < 4.78 is 57.9. The van der Waals surface area contributed by atoms with Crippen LogP contribution in [0.1, 0.15) is 40.9 Å². The first-order chi connectivity index (χ1) is 15.5. The summed E-state index contributed by atoms with van der Waals surface area (Å²) in [5.74, 6) is -2.48. The fourth-order valence-electron chi connectivity index (χ4n) is 3.35. The second-order valence-corrected chi connectivity index (χ2v) is 9.69. The number of rotatable bonds is 7. The zero-order valence-electron chi connectivity index (χ0n) is 18.1. The second kappa shape index (κ2) is 9.84. The van der Waals surface area contributed by atoms with Crippen LogP contribution < -0.4 is 4.74 Å². The smallest absolute Gasteiger partial charge is 0.286 e. The van der Waals surface area contributed by atoms with Crippen molar-refractivity contribution in [1.82, 2.24) is 8.81 Å². The Labute approximate surface area is 195 Å². The van der Waals surface area contributed by atoms with Gasteiger partial charge in [-0.25, -0.2) is 22.2 Å². The quantitative estimate of drug-likeness (QED) is 0.410. The van der Waals surface area contributed by atoms with Crippen LogP contribution in [0.3, 0.4) is 0 Å². The van der Waals surface area contributed by atoms with Gasteiger partial charge in [-0.2, -0.15) is 0 Å². The minimum Gasteiger partial charge on any atom is -0.469 e. The van der Waals surface area contributed by atoms with Gasteiger partial charge in [-0.15, -0.1) is 3.82 Å². The minimum atomic E-state index is -4.15. The highest BCUT2D eigenvalue weighted by Crippen LogP contribution is 2.38. The molecule has 1 aromatic heterocycles. The number of ether oxygens (including phenoxy) is 1. The summed E-state index contributed by atoms with van der Waals surface area (Å²) >= 11 is 5.72. The molecule has 0 saturated heterocycles. The van der Waals surface area contributed by atoms with Gasteiger partial charge in [-0.3, -0.25) is 4.79 Å². The highest BCUT2D eigenvalue weighted by Gasteiger charge is 2.30. The Morgan fingerprint density at radius 1 is 1.15 bits per heavy atom. The lowest BCUT2D eigenvalue weighted by Gasteiger charge is -2.21. The van der Waals surface area contributed by atoms with Crippen LogP contribution >= 0.6 is 11.8 Å². The van der Waals surface area contributed by atoms with E-state index in [9.17, 15) is 22.0 Å². The molecule has 3 rings (SSSR count). The van der Waals surface area contributed by atoms with Gasteiger partial charge in [0.05, 0.1) is 11.8 Å². The van der Waals surface area contributed by atoms with E-state index in [1.165, 1.54) is 24.4 Å². The summed E-state index contributed by atoms with van der Waals surface area (Å²) in [6, 6.07) is 11.5. The molecule has 0 N–H and O–H groups in total. The third kappa shape index (κ3) is 5.31. The lowest BCUT2D eigenvalue weighted by Crippen LogP contribution is -2.29. The Kier molecular flexibility index (Phi) is 7.34. The number of carbonyl (C=O) groups excluding carboxylic acids is 1. The first kappa shape index (κ1) is 24.6. The van der Waals surface area contributed by atoms with E-state index >= 15 is 0 Å². The van der Waals surface area contributed by atoms with Gasteiger partial charge >= 0.3 is 0 Å². The summed E-state index contributed by atoms with van der Waals surface area (Å²) in [5.41, 5.74) is 1.03. The van der Waals surface area contributed by atoms with Crippen molar-refractivity contribution in [3.05, 3.63) is 83.1 Å². The van der Waals surface area contributed by atoms with Gasteiger partial charge in [-0.05, 0) is 54.8 Å². The summed E-state index contributed by atoms with van der Waals surface area (Å²) in [6.45, 7) is 3.51. The summed E-state index contributed by atoms with van der Waals surface area (Å²) in [5, 5.41) is 0. The molecule has 1 amide bonds. The van der Waals surface area contributed by atoms with E-state index in [4.69, 9.17) is 16.5 Å². The molecule has 0 aliphatic carbocycles. The van der Waals surface area contributed by atoms with Gasteiger partial charge < -0.3 is 4.74 Å². The van der Waals surface area contributed by atoms with Gasteiger partial charge in [0, 0.05) is 29.1 Å². The van der Waals surface area contributed by atoms with E-state index in [2.05, 4.69) is 4.98 Å². The normalized spacial score (nSPS) is 12.3. The number of nitrogens with zero attached hydrogens (tertiary/aromatic N) is 2. The summed E-state index contributed by atoms with van der Waals surface area (Å²) in [6.07, 6.45) is 2.21. The number of carbonyl (C=O) groups is 1. The fourth-order valence-corrected chi connectivity index (χ4v) is 3.83. The van der Waals surface area contributed by atoms with Crippen molar-refractivity contribution in [1.29, 1.82) is 0 Å². The minimum absolute atomic E-state index is 0.0292. The van der Waals surface area contributed by atoms with Gasteiger partial charge in [0.2, 0.25) is 15.9 Å². The molecule has 0 bridgehead atoms. The molecule has 1 atom stereocenters. The molecule has 174 valence electrons. The fraction of sp³-hybridized carbons (Fsp3) is 0.217. The van der Waals surface area contributed by atoms with Crippen LogP contribution in [0.25, 0.3) is 11.1 Å². The van der Waals surface area contributed by atoms with E-state index in [0.717, 1.165) is 12.3 Å². The molecule has 0 saturated carbocycles. The number of aryl methyl sites for hydroxylation is 1. The first-order valence-corrected chi connectivity index (χ1v) is 12.1. The number of pyridine rings is 1. The predicted molar refractivity (Wildman–Crippen MR) is 121 cm³/mol. The highest BCUT2D eigenvalue weighted by molar-refractivity contribution is 7.89. The Morgan fingerprint density at radius 2 is 1.82 bits per heavy atom. The van der Waals surface area contributed by atoms with Gasteiger partial charge in [0.25, 0.3) is 5.91 Å². The molecule has 10 heteroatoms. The van der Waals surface area contributed by atoms with Crippen molar-refractivity contribution in [2.75, 3.05) is 6.26 Å². The van der Waals surface area contributed by atoms with Crippen LogP contribution in [-0.4, -0.2) is 29.4 Å². The number of amides is 1. The van der Waals surface area contributed by atoms with Crippen molar-refractivity contribution >= 4 is 27.7 Å². The average molecular weight is 495 g/mol. The molecule has 1 heterocycles. The maximum atomic E-state index is 14.9. The number of sulfonamides is 1. The van der Waals surface area contributed by atoms with Crippen molar-refractivity contribution in [2.45, 2.75) is 26.4 Å². The molecule has 3 aromatic rings. The van der Waals surface area contributed by atoms with Crippen LogP contribution in [0.15, 0.2) is 54.7 Å². The molecule has 0 aliphatic heterocycles. The van der Waals surface area contributed by atoms with Crippen molar-refractivity contribution in [3.8, 4) is 17.0 Å². The first-order valence-electron chi connectivity index (χ1n) is 9.91. The molecule has 0 aliphatic rings. The molecular formula is C23H21ClF2N2O4S. The summed E-state index contributed by atoms with van der Waals surface area (Å²) in [4.78, 5) is 17.1. The maximum Gasteiger partial charge on any atom is 0.286 e. The van der Waals surface area contributed by atoms with Crippen molar-refractivity contribution < 1.29 is 26.7 Å². The van der Waals surface area contributed by atoms with Crippen LogP contribution in [0.5, 0.6) is 5.88 Å². The third-order valence-corrected chi connectivity index (χ3v) is 6.59. The molecule has 0 radical (unpaired) electrons. The second-order valence-electron chi connectivity index (χ2n) is 7.32. The zero-order chi connectivity index (χ0) is 24.3. The summed E-state index contributed by atoms with van der Waals surface area (Å²) in [7, 11) is -4.15. The number of benzene rings is 2. The standard InChI is InChI=1S/C23H21ClF2N2O4S/c1-4-19(15-8-10-16(25)11-9-15)32-22-17(6-5-13-27-22)20-14(2)7-12-18(26)21(20)23(29)28(24)33(3,30)31/h5-13,19H,4H2,1-3H3/t19-/m0/s1. The Morgan fingerprint density at radius 3 is 2.42 bits per heavy atom. The van der Waals surface area contributed by atoms with Crippen LogP contribution in [-0.2, 0) is 10.0 Å². The van der Waals surface area contributed by atoms with Crippen molar-refractivity contribution in [2.24, 2.45) is 0 Å². The Bertz CT molecular complexity index is 1280. The number of hydrogen-bond donors (Lipinski definition) is 0. The molecule has 2 aromatic carbocycles. The molecule has 0 fully saturated rings. The molecule has 0 spiro atoms. The van der Waals surface area contributed by atoms with Gasteiger partial charge in [0.1, 0.15) is 17.7 Å². The van der Waals surface area contributed by atoms with E-state index < -0.39 is 33.4 Å². The van der Waals surface area contributed by atoms with E-state index in [1.54, 1.807) is 31.2 Å². The molecule has 6 nitrogen and oxygen atoms in total. The molecule has 33 heavy (non-hydrogen) atoms. The van der Waals surface area contributed by atoms with Crippen LogP contribution in [0, 0.1) is 18.6 Å². The topological polar surface area (TPSA) is 76.6 Å². The number of hydrogen-bond acceptors (Lipinski definition) is 5. The number of aromatic nitrogens is 1. The zero-order valence-corrected chi connectivity index (χ0v) is 19.6. The monoisotopic (exact) mass is 494 g/mol. The van der Waals surface area contributed by atoms with E-state index in [0.29, 0.717) is 17.5 Å². The lowest BCUT2D eigenvalue weighted by molar-refractivity contribution is 0.0920. The molecule has 0 unspecified atom stereocenters.